The summed E-state index contributed by atoms with van der Waals surface area (Å²) in [4.78, 5) is 33.0. The number of nitrogens with one attached hydrogen (secondary N) is 1. The fourth-order valence-corrected chi connectivity index (χ4v) is 3.10. The van der Waals surface area contributed by atoms with Crippen molar-refractivity contribution in [2.24, 2.45) is 5.16 Å². The third kappa shape index (κ3) is 6.14. The van der Waals surface area contributed by atoms with Crippen molar-refractivity contribution in [1.29, 1.82) is 0 Å². The summed E-state index contributed by atoms with van der Waals surface area (Å²) in [5.41, 5.74) is 0.168. The van der Waals surface area contributed by atoms with Gasteiger partial charge >= 0.3 is 12.1 Å². The van der Waals surface area contributed by atoms with E-state index in [1.165, 1.54) is 57.7 Å². The maximum Gasteiger partial charge on any atom is 0.416 e. The second-order valence-corrected chi connectivity index (χ2v) is 7.02. The summed E-state index contributed by atoms with van der Waals surface area (Å²) in [5, 5.41) is 6.50. The summed E-state index contributed by atoms with van der Waals surface area (Å²) in [7, 11) is 2.64. The fourth-order valence-electron chi connectivity index (χ4n) is 3.10. The number of rotatable bonds is 7. The third-order valence-electron chi connectivity index (χ3n) is 4.61. The van der Waals surface area contributed by atoms with Crippen molar-refractivity contribution in [3.63, 3.8) is 0 Å². The summed E-state index contributed by atoms with van der Waals surface area (Å²) in [5.74, 6) is -1.31. The first-order valence-corrected chi connectivity index (χ1v) is 10.1. The van der Waals surface area contributed by atoms with E-state index in [9.17, 15) is 22.8 Å². The highest BCUT2D eigenvalue weighted by Gasteiger charge is 2.31. The first kappa shape index (κ1) is 25.2. The zero-order valence-electron chi connectivity index (χ0n) is 18.8. The topological polar surface area (TPSA) is 99.1 Å². The molecule has 0 unspecified atom stereocenters. The quantitative estimate of drug-likeness (QED) is 0.295. The number of hydrogen-bond donors (Lipinski definition) is 1. The van der Waals surface area contributed by atoms with Crippen LogP contribution in [0, 0.1) is 0 Å². The lowest BCUT2D eigenvalue weighted by molar-refractivity contribution is -0.137. The molecule has 0 saturated carbocycles. The van der Waals surface area contributed by atoms with Crippen LogP contribution in [0.25, 0.3) is 0 Å². The van der Waals surface area contributed by atoms with Crippen molar-refractivity contribution in [2.45, 2.75) is 13.1 Å². The predicted octanol–water partition coefficient (Wildman–Crippen LogP) is 4.69. The van der Waals surface area contributed by atoms with Crippen LogP contribution in [-0.4, -0.2) is 36.8 Å². The number of anilines is 1. The number of methoxy groups -OCH3 is 1. The molecule has 35 heavy (non-hydrogen) atoms. The van der Waals surface area contributed by atoms with E-state index in [0.717, 1.165) is 12.1 Å². The summed E-state index contributed by atoms with van der Waals surface area (Å²) in [6.45, 7) is 1.18. The highest BCUT2D eigenvalue weighted by Crippen LogP contribution is 2.31. The van der Waals surface area contributed by atoms with E-state index in [1.807, 2.05) is 0 Å². The van der Waals surface area contributed by atoms with Crippen molar-refractivity contribution in [3.05, 3.63) is 83.2 Å². The number of hydrogen-bond acceptors (Lipinski definition) is 7. The molecule has 3 rings (SSSR count). The normalized spacial score (nSPS) is 11.5. The minimum Gasteiger partial charge on any atom is -0.493 e. The summed E-state index contributed by atoms with van der Waals surface area (Å²) < 4.78 is 49.6. The number of nitrogens with zero attached hydrogens (tertiary/aromatic N) is 2. The van der Waals surface area contributed by atoms with E-state index in [-0.39, 0.29) is 28.5 Å². The lowest BCUT2D eigenvalue weighted by Gasteiger charge is -2.13. The molecule has 0 aliphatic heterocycles. The number of carbonyl (C=O) groups excluding carboxylic acids is 2. The molecule has 0 spiro atoms. The Balaban J connectivity index is 1.87. The van der Waals surface area contributed by atoms with Gasteiger partial charge in [0.05, 0.1) is 12.7 Å². The van der Waals surface area contributed by atoms with Crippen molar-refractivity contribution in [3.8, 4) is 11.5 Å². The Labute approximate surface area is 198 Å². The monoisotopic (exact) mass is 487 g/mol. The number of pyridine rings is 1. The third-order valence-corrected chi connectivity index (χ3v) is 4.61. The summed E-state index contributed by atoms with van der Waals surface area (Å²) >= 11 is 0. The predicted molar refractivity (Wildman–Crippen MR) is 121 cm³/mol. The van der Waals surface area contributed by atoms with E-state index in [2.05, 4.69) is 15.5 Å². The minimum absolute atomic E-state index is 0.129. The molecule has 8 nitrogen and oxygen atoms in total. The number of carbonyl (C=O) groups is 2. The summed E-state index contributed by atoms with van der Waals surface area (Å²) in [6.07, 6.45) is -3.19. The standard InChI is InChI=1S/C24H20F3N3O5/c1-14(31)35-22-19(33-2)11-12-28-21(22)23(32)29-18-9-7-15(8-10-18)20(30-34-3)16-5-4-6-17(13-16)24(25,26)27/h4-13H,1-3H3,(H,29,32)/b30-20+. The van der Waals surface area contributed by atoms with Crippen molar-refractivity contribution >= 4 is 23.3 Å². The van der Waals surface area contributed by atoms with E-state index in [1.54, 1.807) is 12.1 Å². The smallest absolute Gasteiger partial charge is 0.416 e. The molecule has 1 N–H and O–H groups in total. The Hall–Kier alpha value is -4.41. The molecule has 11 heteroatoms. The largest absolute Gasteiger partial charge is 0.493 e. The number of ether oxygens (including phenoxy) is 2. The zero-order chi connectivity index (χ0) is 25.6. The van der Waals surface area contributed by atoms with Gasteiger partial charge in [-0.1, -0.05) is 29.4 Å². The zero-order valence-corrected chi connectivity index (χ0v) is 18.8. The Morgan fingerprint density at radius 3 is 2.31 bits per heavy atom. The summed E-state index contributed by atoms with van der Waals surface area (Å²) in [6, 6.07) is 12.3. The Morgan fingerprint density at radius 2 is 1.71 bits per heavy atom. The van der Waals surface area contributed by atoms with Gasteiger partial charge in [0, 0.05) is 36.0 Å². The van der Waals surface area contributed by atoms with E-state index >= 15 is 0 Å². The van der Waals surface area contributed by atoms with E-state index in [0.29, 0.717) is 11.3 Å². The molecule has 0 atom stereocenters. The van der Waals surface area contributed by atoms with Gasteiger partial charge in [0.25, 0.3) is 5.91 Å². The second-order valence-electron chi connectivity index (χ2n) is 7.02. The second kappa shape index (κ2) is 10.7. The van der Waals surface area contributed by atoms with Crippen LogP contribution in [0.5, 0.6) is 11.5 Å². The first-order chi connectivity index (χ1) is 16.6. The highest BCUT2D eigenvalue weighted by atomic mass is 19.4. The molecule has 0 aliphatic rings. The molecule has 1 heterocycles. The maximum absolute atomic E-state index is 13.1. The van der Waals surface area contributed by atoms with Gasteiger partial charge in [-0.25, -0.2) is 4.98 Å². The van der Waals surface area contributed by atoms with E-state index < -0.39 is 23.6 Å². The van der Waals surface area contributed by atoms with Gasteiger partial charge < -0.3 is 19.6 Å². The van der Waals surface area contributed by atoms with Crippen LogP contribution in [0.3, 0.4) is 0 Å². The molecule has 182 valence electrons. The van der Waals surface area contributed by atoms with Crippen molar-refractivity contribution in [2.75, 3.05) is 19.5 Å². The highest BCUT2D eigenvalue weighted by molar-refractivity contribution is 6.13. The Bertz CT molecular complexity index is 1260. The number of aromatic nitrogens is 1. The lowest BCUT2D eigenvalue weighted by atomic mass is 10.00. The number of halogens is 3. The minimum atomic E-state index is -4.51. The van der Waals surface area contributed by atoms with Crippen LogP contribution in [-0.2, 0) is 15.8 Å². The van der Waals surface area contributed by atoms with Crippen LogP contribution in [0.4, 0.5) is 18.9 Å². The Morgan fingerprint density at radius 1 is 1.00 bits per heavy atom. The van der Waals surface area contributed by atoms with Crippen molar-refractivity contribution in [1.82, 2.24) is 4.98 Å². The molecule has 1 aromatic heterocycles. The Kier molecular flexibility index (Phi) is 7.69. The fraction of sp³-hybridized carbons (Fsp3) is 0.167. The molecule has 0 aliphatic carbocycles. The number of benzene rings is 2. The van der Waals surface area contributed by atoms with Crippen LogP contribution < -0.4 is 14.8 Å². The molecule has 0 saturated heterocycles. The number of alkyl halides is 3. The molecule has 0 bridgehead atoms. The SMILES string of the molecule is CO/N=C(\c1ccc(NC(=O)c2nccc(OC)c2OC(C)=O)cc1)c1cccc(C(F)(F)F)c1. The van der Waals surface area contributed by atoms with Gasteiger partial charge in [0.2, 0.25) is 5.75 Å². The molecular formula is C24H20F3N3O5. The van der Waals surface area contributed by atoms with Gasteiger partial charge in [-0.2, -0.15) is 13.2 Å². The average molecular weight is 487 g/mol. The van der Waals surface area contributed by atoms with E-state index in [4.69, 9.17) is 14.3 Å². The molecule has 2 aromatic carbocycles. The van der Waals surface area contributed by atoms with Crippen LogP contribution in [0.2, 0.25) is 0 Å². The van der Waals surface area contributed by atoms with Crippen molar-refractivity contribution < 1.29 is 37.1 Å². The number of oxime groups is 1. The van der Waals surface area contributed by atoms with Crippen LogP contribution >= 0.6 is 0 Å². The van der Waals surface area contributed by atoms with Crippen LogP contribution in [0.15, 0.2) is 65.9 Å². The van der Waals surface area contributed by atoms with Gasteiger partial charge in [0.15, 0.2) is 11.4 Å². The average Bonchev–Trinajstić information content (AvgIpc) is 2.82. The number of amides is 1. The number of esters is 1. The van der Waals surface area contributed by atoms with Gasteiger partial charge in [0.1, 0.15) is 12.8 Å². The molecule has 1 amide bonds. The molecule has 3 aromatic rings. The first-order valence-electron chi connectivity index (χ1n) is 10.1. The maximum atomic E-state index is 13.1. The lowest BCUT2D eigenvalue weighted by Crippen LogP contribution is -2.17. The van der Waals surface area contributed by atoms with Gasteiger partial charge in [-0.15, -0.1) is 0 Å². The van der Waals surface area contributed by atoms with Crippen LogP contribution in [0.1, 0.15) is 34.1 Å². The molecule has 0 radical (unpaired) electrons. The molecular weight excluding hydrogens is 467 g/mol. The molecule has 0 fully saturated rings. The van der Waals surface area contributed by atoms with Gasteiger partial charge in [-0.3, -0.25) is 9.59 Å². The van der Waals surface area contributed by atoms with Gasteiger partial charge in [-0.05, 0) is 24.3 Å².